The van der Waals surface area contributed by atoms with E-state index in [0.29, 0.717) is 42.6 Å². The van der Waals surface area contributed by atoms with Gasteiger partial charge in [-0.3, -0.25) is 0 Å². The van der Waals surface area contributed by atoms with E-state index in [4.69, 9.17) is 9.47 Å². The summed E-state index contributed by atoms with van der Waals surface area (Å²) in [4.78, 5) is 11.8. The van der Waals surface area contributed by atoms with Crippen molar-refractivity contribution in [1.82, 2.24) is 0 Å². The van der Waals surface area contributed by atoms with Crippen LogP contribution in [0.4, 0.5) is 0 Å². The highest BCUT2D eigenvalue weighted by atomic mass is 32.2. The molecule has 2 N–H and O–H groups in total. The Balaban J connectivity index is 1.49. The first kappa shape index (κ1) is 23.7. The molecule has 0 aromatic heterocycles. The first-order valence-electron chi connectivity index (χ1n) is 11.1. The van der Waals surface area contributed by atoms with Crippen LogP contribution in [0.5, 0.6) is 11.5 Å². The van der Waals surface area contributed by atoms with Crippen molar-refractivity contribution in [2.75, 3.05) is 6.61 Å². The molecule has 0 unspecified atom stereocenters. The summed E-state index contributed by atoms with van der Waals surface area (Å²) in [5.74, 6) is -0.294. The fourth-order valence-electron chi connectivity index (χ4n) is 4.69. The van der Waals surface area contributed by atoms with Crippen LogP contribution < -0.4 is 9.47 Å². The third kappa shape index (κ3) is 5.38. The van der Waals surface area contributed by atoms with E-state index in [-0.39, 0.29) is 5.75 Å². The lowest BCUT2D eigenvalue weighted by atomic mass is 9.85. The molecule has 0 aliphatic heterocycles. The number of benzene rings is 2. The summed E-state index contributed by atoms with van der Waals surface area (Å²) in [7, 11) is -4.58. The number of hydrogen-bond donors (Lipinski definition) is 2. The number of esters is 1. The standard InChI is InChI=1S/C24H28O8S/c25-22(32-19-5-7-21(8-6-19)33(28,29)30)16-31-20-14-17(23(26)9-1-2-10-23)13-18(15-20)24(27)11-3-4-12-24/h5-8,13-15,26-27H,1-4,9-12,16H2,(H,28,29,30)/p-1. The van der Waals surface area contributed by atoms with Crippen LogP contribution in [0, 0.1) is 0 Å². The van der Waals surface area contributed by atoms with Gasteiger partial charge in [0, 0.05) is 0 Å². The maximum atomic E-state index is 12.2. The highest BCUT2D eigenvalue weighted by Gasteiger charge is 2.37. The van der Waals surface area contributed by atoms with Gasteiger partial charge in [0.25, 0.3) is 0 Å². The summed E-state index contributed by atoms with van der Waals surface area (Å²) < 4.78 is 43.8. The molecular formula is C24H27O8S-. The second kappa shape index (κ2) is 9.06. The molecule has 2 saturated carbocycles. The van der Waals surface area contributed by atoms with Crippen molar-refractivity contribution < 1.29 is 37.5 Å². The molecule has 2 aliphatic rings. The fraction of sp³-hybridized carbons (Fsp3) is 0.458. The monoisotopic (exact) mass is 475 g/mol. The summed E-state index contributed by atoms with van der Waals surface area (Å²) in [6, 6.07) is 9.81. The molecule has 0 bridgehead atoms. The van der Waals surface area contributed by atoms with Crippen LogP contribution in [0.1, 0.15) is 62.5 Å². The molecule has 2 aromatic rings. The average molecular weight is 476 g/mol. The van der Waals surface area contributed by atoms with Crippen LogP contribution in [0.25, 0.3) is 0 Å². The summed E-state index contributed by atoms with van der Waals surface area (Å²) in [6.07, 6.45) is 6.19. The van der Waals surface area contributed by atoms with Gasteiger partial charge in [0.2, 0.25) is 0 Å². The summed E-state index contributed by atoms with van der Waals surface area (Å²) >= 11 is 0. The van der Waals surface area contributed by atoms with Crippen molar-refractivity contribution in [3.05, 3.63) is 53.6 Å². The van der Waals surface area contributed by atoms with Crippen LogP contribution in [0.2, 0.25) is 0 Å². The van der Waals surface area contributed by atoms with E-state index in [2.05, 4.69) is 0 Å². The topological polar surface area (TPSA) is 133 Å². The quantitative estimate of drug-likeness (QED) is 0.355. The van der Waals surface area contributed by atoms with Gasteiger partial charge in [0.1, 0.15) is 21.6 Å². The van der Waals surface area contributed by atoms with Crippen molar-refractivity contribution in [3.8, 4) is 11.5 Å². The molecule has 4 rings (SSSR count). The van der Waals surface area contributed by atoms with Crippen molar-refractivity contribution in [2.24, 2.45) is 0 Å². The van der Waals surface area contributed by atoms with Crippen molar-refractivity contribution in [1.29, 1.82) is 0 Å². The van der Waals surface area contributed by atoms with Gasteiger partial charge in [-0.05, 0) is 79.3 Å². The molecule has 0 spiro atoms. The Kier molecular flexibility index (Phi) is 6.50. The first-order chi connectivity index (χ1) is 15.6. The van der Waals surface area contributed by atoms with Gasteiger partial charge >= 0.3 is 5.97 Å². The zero-order valence-electron chi connectivity index (χ0n) is 18.2. The fourth-order valence-corrected chi connectivity index (χ4v) is 5.16. The predicted octanol–water partition coefficient (Wildman–Crippen LogP) is 3.10. The summed E-state index contributed by atoms with van der Waals surface area (Å²) in [5.41, 5.74) is -0.605. The van der Waals surface area contributed by atoms with E-state index in [1.54, 1.807) is 12.1 Å². The van der Waals surface area contributed by atoms with Crippen LogP contribution in [0.15, 0.2) is 47.4 Å². The van der Waals surface area contributed by atoms with Crippen molar-refractivity contribution in [3.63, 3.8) is 0 Å². The Morgan fingerprint density at radius 1 is 0.848 bits per heavy atom. The minimum Gasteiger partial charge on any atom is -0.744 e. The minimum atomic E-state index is -4.58. The lowest BCUT2D eigenvalue weighted by molar-refractivity contribution is -0.136. The van der Waals surface area contributed by atoms with Gasteiger partial charge in [0.05, 0.1) is 16.1 Å². The number of hydrogen-bond acceptors (Lipinski definition) is 8. The van der Waals surface area contributed by atoms with Crippen LogP contribution >= 0.6 is 0 Å². The summed E-state index contributed by atoms with van der Waals surface area (Å²) in [6.45, 7) is -0.429. The van der Waals surface area contributed by atoms with Crippen LogP contribution in [0.3, 0.4) is 0 Å². The lowest BCUT2D eigenvalue weighted by Gasteiger charge is -2.28. The smallest absolute Gasteiger partial charge is 0.349 e. The highest BCUT2D eigenvalue weighted by Crippen LogP contribution is 2.44. The number of carbonyl (C=O) groups is 1. The van der Waals surface area contributed by atoms with Crippen molar-refractivity contribution >= 4 is 16.1 Å². The van der Waals surface area contributed by atoms with Gasteiger partial charge < -0.3 is 24.2 Å². The number of aliphatic hydroxyl groups is 2. The molecule has 2 aliphatic carbocycles. The second-order valence-corrected chi connectivity index (χ2v) is 10.3. The van der Waals surface area contributed by atoms with E-state index in [1.165, 1.54) is 12.1 Å². The lowest BCUT2D eigenvalue weighted by Crippen LogP contribution is -2.25. The molecule has 0 saturated heterocycles. The number of carbonyl (C=O) groups excluding carboxylic acids is 1. The van der Waals surface area contributed by atoms with Gasteiger partial charge in [-0.25, -0.2) is 13.2 Å². The largest absolute Gasteiger partial charge is 0.744 e. The van der Waals surface area contributed by atoms with E-state index in [9.17, 15) is 28.0 Å². The van der Waals surface area contributed by atoms with E-state index >= 15 is 0 Å². The maximum absolute atomic E-state index is 12.2. The van der Waals surface area contributed by atoms with Gasteiger partial charge in [0.15, 0.2) is 6.61 Å². The zero-order valence-corrected chi connectivity index (χ0v) is 19.0. The van der Waals surface area contributed by atoms with Gasteiger partial charge in [-0.15, -0.1) is 0 Å². The van der Waals surface area contributed by atoms with E-state index < -0.39 is 38.8 Å². The Labute approximate surface area is 192 Å². The molecule has 0 heterocycles. The van der Waals surface area contributed by atoms with E-state index in [1.807, 2.05) is 6.07 Å². The first-order valence-corrected chi connectivity index (χ1v) is 12.5. The molecule has 178 valence electrons. The molecule has 2 aromatic carbocycles. The van der Waals surface area contributed by atoms with Crippen LogP contribution in [-0.4, -0.2) is 35.8 Å². The molecule has 0 atom stereocenters. The predicted molar refractivity (Wildman–Crippen MR) is 117 cm³/mol. The minimum absolute atomic E-state index is 0.0750. The Bertz CT molecular complexity index is 1070. The maximum Gasteiger partial charge on any atom is 0.349 e. The van der Waals surface area contributed by atoms with Crippen molar-refractivity contribution in [2.45, 2.75) is 67.5 Å². The molecule has 0 amide bonds. The Hall–Kier alpha value is -2.46. The highest BCUT2D eigenvalue weighted by molar-refractivity contribution is 7.85. The average Bonchev–Trinajstić information content (AvgIpc) is 3.42. The molecule has 8 nitrogen and oxygen atoms in total. The Morgan fingerprint density at radius 2 is 1.33 bits per heavy atom. The number of ether oxygens (including phenoxy) is 2. The molecule has 33 heavy (non-hydrogen) atoms. The van der Waals surface area contributed by atoms with Crippen LogP contribution in [-0.2, 0) is 26.1 Å². The van der Waals surface area contributed by atoms with Gasteiger partial charge in [-0.2, -0.15) is 0 Å². The SMILES string of the molecule is O=C(COc1cc(C2(O)CCCC2)cc(C2(O)CCCC2)c1)Oc1ccc(S(=O)(=O)[O-])cc1. The zero-order chi connectivity index (χ0) is 23.7. The van der Waals surface area contributed by atoms with Gasteiger partial charge in [-0.1, -0.05) is 25.7 Å². The normalized spacial score (nSPS) is 19.4. The summed E-state index contributed by atoms with van der Waals surface area (Å²) in [5, 5.41) is 22.2. The van der Waals surface area contributed by atoms with E-state index in [0.717, 1.165) is 37.8 Å². The third-order valence-electron chi connectivity index (χ3n) is 6.54. The Morgan fingerprint density at radius 3 is 1.79 bits per heavy atom. The molecular weight excluding hydrogens is 448 g/mol. The molecule has 0 radical (unpaired) electrons. The number of rotatable bonds is 7. The molecule has 2 fully saturated rings. The molecule has 9 heteroatoms. The second-order valence-electron chi connectivity index (χ2n) is 8.91. The third-order valence-corrected chi connectivity index (χ3v) is 7.39.